The Labute approximate surface area is 109 Å². The largest absolute Gasteiger partial charge is 0.494 e. The molecule has 0 saturated carbocycles. The smallest absolute Gasteiger partial charge is 0.167 e. The molecule has 0 heterocycles. The molecule has 0 atom stereocenters. The molecule has 0 amide bonds. The molecule has 0 spiro atoms. The number of hydrogen-bond donors (Lipinski definition) is 2. The number of nitrogen functional groups attached to an aromatic ring is 1. The molecule has 0 aliphatic rings. The average molecular weight is 267 g/mol. The molecule has 0 unspecified atom stereocenters. The summed E-state index contributed by atoms with van der Waals surface area (Å²) in [6, 6.07) is 9.84. The second-order valence-electron chi connectivity index (χ2n) is 3.71. The predicted octanol–water partition coefficient (Wildman–Crippen LogP) is 3.81. The van der Waals surface area contributed by atoms with Gasteiger partial charge in [0.25, 0.3) is 0 Å². The van der Waals surface area contributed by atoms with Crippen LogP contribution in [0, 0.1) is 5.82 Å². The van der Waals surface area contributed by atoms with Crippen LogP contribution >= 0.6 is 11.6 Å². The minimum absolute atomic E-state index is 0.140. The van der Waals surface area contributed by atoms with Gasteiger partial charge in [0.15, 0.2) is 11.6 Å². The van der Waals surface area contributed by atoms with Crippen LogP contribution in [0.3, 0.4) is 0 Å². The Morgan fingerprint density at radius 1 is 1.22 bits per heavy atom. The van der Waals surface area contributed by atoms with Gasteiger partial charge in [-0.1, -0.05) is 11.6 Å². The van der Waals surface area contributed by atoms with Crippen molar-refractivity contribution in [2.45, 2.75) is 0 Å². The first-order valence-corrected chi connectivity index (χ1v) is 5.63. The van der Waals surface area contributed by atoms with Crippen LogP contribution in [0.25, 0.3) is 0 Å². The highest BCUT2D eigenvalue weighted by Crippen LogP contribution is 2.30. The van der Waals surface area contributed by atoms with Crippen LogP contribution in [-0.2, 0) is 0 Å². The van der Waals surface area contributed by atoms with Crippen LogP contribution in [0.2, 0.25) is 5.02 Å². The van der Waals surface area contributed by atoms with Crippen molar-refractivity contribution in [1.29, 1.82) is 0 Å². The van der Waals surface area contributed by atoms with E-state index in [9.17, 15) is 4.39 Å². The summed E-state index contributed by atoms with van der Waals surface area (Å²) in [6.45, 7) is 0. The summed E-state index contributed by atoms with van der Waals surface area (Å²) >= 11 is 5.79. The Morgan fingerprint density at radius 2 is 1.89 bits per heavy atom. The van der Waals surface area contributed by atoms with E-state index in [4.69, 9.17) is 22.1 Å². The molecule has 0 aliphatic carbocycles. The van der Waals surface area contributed by atoms with Gasteiger partial charge < -0.3 is 15.8 Å². The maximum atomic E-state index is 13.4. The van der Waals surface area contributed by atoms with Gasteiger partial charge in [0.1, 0.15) is 0 Å². The van der Waals surface area contributed by atoms with Gasteiger partial charge in [-0.3, -0.25) is 0 Å². The summed E-state index contributed by atoms with van der Waals surface area (Å²) < 4.78 is 18.3. The summed E-state index contributed by atoms with van der Waals surface area (Å²) in [5.74, 6) is -0.350. The van der Waals surface area contributed by atoms with Crippen molar-refractivity contribution < 1.29 is 9.13 Å². The van der Waals surface area contributed by atoms with Gasteiger partial charge in [-0.05, 0) is 24.3 Å². The van der Waals surface area contributed by atoms with Crippen LogP contribution in [0.15, 0.2) is 36.4 Å². The second kappa shape index (κ2) is 5.14. The van der Waals surface area contributed by atoms with Gasteiger partial charge in [0.05, 0.1) is 18.5 Å². The van der Waals surface area contributed by atoms with Gasteiger partial charge in [-0.2, -0.15) is 0 Å². The van der Waals surface area contributed by atoms with Crippen LogP contribution in [0.4, 0.5) is 21.5 Å². The number of methoxy groups -OCH3 is 1. The number of hydrogen-bond acceptors (Lipinski definition) is 3. The zero-order valence-electron chi connectivity index (χ0n) is 9.71. The fourth-order valence-electron chi connectivity index (χ4n) is 1.52. The zero-order chi connectivity index (χ0) is 13.1. The molecule has 0 saturated heterocycles. The van der Waals surface area contributed by atoms with E-state index in [2.05, 4.69) is 5.32 Å². The molecular formula is C13H12ClFN2O. The molecule has 0 fully saturated rings. The molecule has 0 aromatic heterocycles. The minimum Gasteiger partial charge on any atom is -0.494 e. The lowest BCUT2D eigenvalue weighted by atomic mass is 10.2. The minimum atomic E-state index is -0.489. The quantitative estimate of drug-likeness (QED) is 0.831. The van der Waals surface area contributed by atoms with E-state index in [1.807, 2.05) is 0 Å². The molecule has 0 bridgehead atoms. The summed E-state index contributed by atoms with van der Waals surface area (Å²) in [6.07, 6.45) is 0. The number of anilines is 3. The molecule has 5 heteroatoms. The number of rotatable bonds is 3. The van der Waals surface area contributed by atoms with Crippen LogP contribution in [0.5, 0.6) is 5.75 Å². The molecule has 94 valence electrons. The third-order valence-electron chi connectivity index (χ3n) is 2.45. The van der Waals surface area contributed by atoms with E-state index in [0.717, 1.165) is 5.69 Å². The van der Waals surface area contributed by atoms with Crippen LogP contribution in [0.1, 0.15) is 0 Å². The van der Waals surface area contributed by atoms with Crippen molar-refractivity contribution >= 4 is 28.7 Å². The van der Waals surface area contributed by atoms with Gasteiger partial charge in [-0.15, -0.1) is 0 Å². The maximum Gasteiger partial charge on any atom is 0.167 e. The highest BCUT2D eigenvalue weighted by atomic mass is 35.5. The molecule has 3 N–H and O–H groups in total. The summed E-state index contributed by atoms with van der Waals surface area (Å²) in [5, 5.41) is 3.71. The average Bonchev–Trinajstić information content (AvgIpc) is 2.35. The topological polar surface area (TPSA) is 47.3 Å². The van der Waals surface area contributed by atoms with E-state index in [1.54, 1.807) is 24.3 Å². The van der Waals surface area contributed by atoms with Crippen molar-refractivity contribution in [3.63, 3.8) is 0 Å². The van der Waals surface area contributed by atoms with E-state index >= 15 is 0 Å². The molecule has 2 rings (SSSR count). The summed E-state index contributed by atoms with van der Waals surface area (Å²) in [7, 11) is 1.40. The molecule has 2 aromatic carbocycles. The SMILES string of the molecule is COc1cc(Nc2ccc(Cl)cc2)c(N)cc1F. The fourth-order valence-corrected chi connectivity index (χ4v) is 1.65. The van der Waals surface area contributed by atoms with Crippen molar-refractivity contribution in [3.05, 3.63) is 47.2 Å². The van der Waals surface area contributed by atoms with Crippen molar-refractivity contribution in [2.75, 3.05) is 18.2 Å². The normalized spacial score (nSPS) is 10.2. The molecule has 0 aliphatic heterocycles. The van der Waals surface area contributed by atoms with Crippen molar-refractivity contribution in [2.24, 2.45) is 0 Å². The summed E-state index contributed by atoms with van der Waals surface area (Å²) in [5.41, 5.74) is 7.43. The standard InChI is InChI=1S/C13H12ClFN2O/c1-18-13-7-12(11(16)6-10(13)15)17-9-4-2-8(14)3-5-9/h2-7,17H,16H2,1H3. The first-order chi connectivity index (χ1) is 8.60. The van der Waals surface area contributed by atoms with E-state index in [0.29, 0.717) is 16.4 Å². The molecule has 3 nitrogen and oxygen atoms in total. The molecular weight excluding hydrogens is 255 g/mol. The monoisotopic (exact) mass is 266 g/mol. The Hall–Kier alpha value is -1.94. The van der Waals surface area contributed by atoms with Gasteiger partial charge >= 0.3 is 0 Å². The predicted molar refractivity (Wildman–Crippen MR) is 72.1 cm³/mol. The fraction of sp³-hybridized carbons (Fsp3) is 0.0769. The lowest BCUT2D eigenvalue weighted by Gasteiger charge is -2.11. The highest BCUT2D eigenvalue weighted by molar-refractivity contribution is 6.30. The zero-order valence-corrected chi connectivity index (χ0v) is 10.5. The van der Waals surface area contributed by atoms with Crippen molar-refractivity contribution in [3.8, 4) is 5.75 Å². The maximum absolute atomic E-state index is 13.4. The number of nitrogens with two attached hydrogens (primary N) is 1. The van der Waals surface area contributed by atoms with Crippen LogP contribution in [-0.4, -0.2) is 7.11 Å². The van der Waals surface area contributed by atoms with Gasteiger partial charge in [-0.25, -0.2) is 4.39 Å². The third-order valence-corrected chi connectivity index (χ3v) is 2.70. The summed E-state index contributed by atoms with van der Waals surface area (Å²) in [4.78, 5) is 0. The number of ether oxygens (including phenoxy) is 1. The molecule has 18 heavy (non-hydrogen) atoms. The van der Waals surface area contributed by atoms with E-state index < -0.39 is 5.82 Å². The Morgan fingerprint density at radius 3 is 2.50 bits per heavy atom. The van der Waals surface area contributed by atoms with E-state index in [1.165, 1.54) is 19.2 Å². The van der Waals surface area contributed by atoms with E-state index in [-0.39, 0.29) is 5.75 Å². The Bertz CT molecular complexity index is 558. The second-order valence-corrected chi connectivity index (χ2v) is 4.14. The van der Waals surface area contributed by atoms with Gasteiger partial charge in [0.2, 0.25) is 0 Å². The lowest BCUT2D eigenvalue weighted by molar-refractivity contribution is 0.387. The first-order valence-electron chi connectivity index (χ1n) is 5.26. The van der Waals surface area contributed by atoms with Gasteiger partial charge in [0, 0.05) is 22.8 Å². The highest BCUT2D eigenvalue weighted by Gasteiger charge is 2.08. The Balaban J connectivity index is 2.31. The third kappa shape index (κ3) is 2.65. The van der Waals surface area contributed by atoms with Crippen molar-refractivity contribution in [1.82, 2.24) is 0 Å². The first kappa shape index (κ1) is 12.5. The van der Waals surface area contributed by atoms with Crippen LogP contribution < -0.4 is 15.8 Å². The molecule has 0 radical (unpaired) electrons. The number of nitrogens with one attached hydrogen (secondary N) is 1. The number of benzene rings is 2. The number of halogens is 2. The molecule has 2 aromatic rings. The Kier molecular flexibility index (Phi) is 3.58. The lowest BCUT2D eigenvalue weighted by Crippen LogP contribution is -1.99.